The second kappa shape index (κ2) is 4.29. The van der Waals surface area contributed by atoms with Crippen LogP contribution in [0.5, 0.6) is 0 Å². The number of carbonyl (C=O) groups is 2. The van der Waals surface area contributed by atoms with Crippen molar-refractivity contribution in [2.45, 2.75) is 0 Å². The highest BCUT2D eigenvalue weighted by atomic mass is 16.2. The Morgan fingerprint density at radius 1 is 1.35 bits per heavy atom. The monoisotopic (exact) mass is 229 g/mol. The minimum Gasteiger partial charge on any atom is -0.293 e. The van der Waals surface area contributed by atoms with E-state index < -0.39 is 11.9 Å². The summed E-state index contributed by atoms with van der Waals surface area (Å²) in [7, 11) is 1.44. The van der Waals surface area contributed by atoms with E-state index in [-0.39, 0.29) is 11.6 Å². The van der Waals surface area contributed by atoms with Crippen LogP contribution >= 0.6 is 0 Å². The highest BCUT2D eigenvalue weighted by molar-refractivity contribution is 6.25. The van der Waals surface area contributed by atoms with E-state index in [1.54, 1.807) is 24.3 Å². The third kappa shape index (κ3) is 1.99. The fourth-order valence-corrected chi connectivity index (χ4v) is 1.58. The van der Waals surface area contributed by atoms with Crippen molar-refractivity contribution in [3.63, 3.8) is 0 Å². The van der Waals surface area contributed by atoms with E-state index >= 15 is 0 Å². The van der Waals surface area contributed by atoms with E-state index in [4.69, 9.17) is 5.41 Å². The summed E-state index contributed by atoms with van der Waals surface area (Å²) in [5, 5.41) is 7.76. The lowest BCUT2D eigenvalue weighted by Gasteiger charge is -2.24. The van der Waals surface area contributed by atoms with Gasteiger partial charge in [0.25, 0.3) is 0 Å². The lowest BCUT2D eigenvalue weighted by atomic mass is 9.96. The number of benzene rings is 1. The summed E-state index contributed by atoms with van der Waals surface area (Å²) in [6, 6.07) is 8.16. The number of ketones is 1. The molecule has 1 aliphatic rings. The lowest BCUT2D eigenvalue weighted by Crippen LogP contribution is -2.43. The van der Waals surface area contributed by atoms with Gasteiger partial charge in [0, 0.05) is 18.8 Å². The molecule has 0 saturated heterocycles. The Balaban J connectivity index is 2.30. The molecule has 17 heavy (non-hydrogen) atoms. The van der Waals surface area contributed by atoms with Crippen LogP contribution in [0.15, 0.2) is 35.3 Å². The number of nitrogens with zero attached hydrogens (tertiary/aromatic N) is 2. The molecule has 1 aromatic carbocycles. The molecule has 5 nitrogen and oxygen atoms in total. The summed E-state index contributed by atoms with van der Waals surface area (Å²) in [6.45, 7) is 0. The largest absolute Gasteiger partial charge is 0.348 e. The molecular weight excluding hydrogens is 218 g/mol. The number of amides is 2. The second-order valence-electron chi connectivity index (χ2n) is 3.71. The molecule has 0 aliphatic carbocycles. The van der Waals surface area contributed by atoms with E-state index in [1.807, 2.05) is 6.07 Å². The average Bonchev–Trinajstić information content (AvgIpc) is 2.36. The first-order valence-electron chi connectivity index (χ1n) is 5.11. The van der Waals surface area contributed by atoms with Crippen molar-refractivity contribution in [1.82, 2.24) is 4.90 Å². The lowest BCUT2D eigenvalue weighted by molar-refractivity contribution is 0.0976. The molecule has 0 aromatic heterocycles. The van der Waals surface area contributed by atoms with E-state index in [1.165, 1.54) is 13.3 Å². The van der Waals surface area contributed by atoms with E-state index in [9.17, 15) is 9.59 Å². The van der Waals surface area contributed by atoms with E-state index in [0.29, 0.717) is 5.56 Å². The first-order chi connectivity index (χ1) is 8.11. The number of rotatable bonds is 2. The Morgan fingerprint density at radius 3 is 2.65 bits per heavy atom. The molecule has 1 heterocycles. The summed E-state index contributed by atoms with van der Waals surface area (Å²) in [6.07, 6.45) is 1.24. The van der Waals surface area contributed by atoms with Gasteiger partial charge in [0.2, 0.25) is 0 Å². The Morgan fingerprint density at radius 2 is 2.00 bits per heavy atom. The molecule has 0 bridgehead atoms. The number of aliphatic imine (C=N–C) groups is 1. The van der Waals surface area contributed by atoms with Crippen molar-refractivity contribution in [2.24, 2.45) is 10.9 Å². The molecule has 2 amide bonds. The molecule has 0 saturated carbocycles. The van der Waals surface area contributed by atoms with Crippen molar-refractivity contribution in [3.8, 4) is 0 Å². The van der Waals surface area contributed by atoms with Crippen molar-refractivity contribution in [1.29, 1.82) is 5.41 Å². The molecule has 0 fully saturated rings. The molecule has 0 radical (unpaired) electrons. The third-order valence-electron chi connectivity index (χ3n) is 2.62. The van der Waals surface area contributed by atoms with Gasteiger partial charge >= 0.3 is 6.03 Å². The highest BCUT2D eigenvalue weighted by Gasteiger charge is 2.31. The van der Waals surface area contributed by atoms with Gasteiger partial charge in [-0.2, -0.15) is 0 Å². The molecule has 1 N–H and O–H groups in total. The van der Waals surface area contributed by atoms with E-state index in [2.05, 4.69) is 4.99 Å². The summed E-state index contributed by atoms with van der Waals surface area (Å²) in [5.74, 6) is -1.04. The molecule has 1 unspecified atom stereocenters. The van der Waals surface area contributed by atoms with Crippen molar-refractivity contribution in [3.05, 3.63) is 35.9 Å². The minimum atomic E-state index is -0.778. The molecule has 86 valence electrons. The summed E-state index contributed by atoms with van der Waals surface area (Å²) >= 11 is 0. The van der Waals surface area contributed by atoms with Gasteiger partial charge < -0.3 is 0 Å². The van der Waals surface area contributed by atoms with Crippen LogP contribution in [0.4, 0.5) is 4.79 Å². The van der Waals surface area contributed by atoms with Gasteiger partial charge in [-0.3, -0.25) is 15.1 Å². The zero-order valence-electron chi connectivity index (χ0n) is 9.25. The maximum absolute atomic E-state index is 12.1. The number of amidine groups is 1. The molecule has 1 aromatic rings. The Labute approximate surface area is 98.3 Å². The number of nitrogens with one attached hydrogen (secondary N) is 1. The maximum atomic E-state index is 12.1. The number of hydrogen-bond acceptors (Lipinski definition) is 3. The van der Waals surface area contributed by atoms with Crippen molar-refractivity contribution >= 4 is 23.9 Å². The number of urea groups is 1. The van der Waals surface area contributed by atoms with Crippen LogP contribution in [0, 0.1) is 11.3 Å². The van der Waals surface area contributed by atoms with Crippen LogP contribution in [0.2, 0.25) is 0 Å². The van der Waals surface area contributed by atoms with Crippen LogP contribution < -0.4 is 0 Å². The first-order valence-corrected chi connectivity index (χ1v) is 5.11. The van der Waals surface area contributed by atoms with Gasteiger partial charge in [0.05, 0.1) is 0 Å². The number of hydrogen-bond donors (Lipinski definition) is 1. The molecule has 5 heteroatoms. The number of carbonyl (C=O) groups excluding carboxylic acids is 2. The van der Waals surface area contributed by atoms with Gasteiger partial charge in [-0.05, 0) is 0 Å². The van der Waals surface area contributed by atoms with Gasteiger partial charge in [0.15, 0.2) is 5.78 Å². The predicted octanol–water partition coefficient (Wildman–Crippen LogP) is 1.60. The summed E-state index contributed by atoms with van der Waals surface area (Å²) in [4.78, 5) is 27.9. The Bertz CT molecular complexity index is 508. The van der Waals surface area contributed by atoms with Crippen LogP contribution in [0.3, 0.4) is 0 Å². The molecular formula is C12H11N3O2. The first kappa shape index (κ1) is 11.2. The van der Waals surface area contributed by atoms with Gasteiger partial charge in [-0.15, -0.1) is 0 Å². The van der Waals surface area contributed by atoms with Gasteiger partial charge in [0.1, 0.15) is 11.8 Å². The highest BCUT2D eigenvalue weighted by Crippen LogP contribution is 2.14. The van der Waals surface area contributed by atoms with Crippen LogP contribution in [-0.2, 0) is 0 Å². The molecule has 1 atom stereocenters. The quantitative estimate of drug-likeness (QED) is 0.782. The molecule has 2 rings (SSSR count). The number of Topliss-reactive ketones (excluding diaryl/α,β-unsaturated/α-hetero) is 1. The minimum absolute atomic E-state index is 0.0427. The third-order valence-corrected chi connectivity index (χ3v) is 2.62. The normalized spacial score (nSPS) is 19.6. The van der Waals surface area contributed by atoms with Gasteiger partial charge in [-0.25, -0.2) is 9.79 Å². The zero-order chi connectivity index (χ0) is 12.4. The fraction of sp³-hybridized carbons (Fsp3) is 0.167. The Kier molecular flexibility index (Phi) is 2.82. The van der Waals surface area contributed by atoms with E-state index in [0.717, 1.165) is 4.90 Å². The molecule has 1 aliphatic heterocycles. The molecule has 0 spiro atoms. The summed E-state index contributed by atoms with van der Waals surface area (Å²) < 4.78 is 0. The smallest absolute Gasteiger partial charge is 0.293 e. The average molecular weight is 229 g/mol. The topological polar surface area (TPSA) is 73.6 Å². The van der Waals surface area contributed by atoms with Crippen LogP contribution in [-0.4, -0.2) is 35.8 Å². The van der Waals surface area contributed by atoms with Crippen molar-refractivity contribution in [2.75, 3.05) is 7.05 Å². The van der Waals surface area contributed by atoms with Gasteiger partial charge in [-0.1, -0.05) is 30.3 Å². The summed E-state index contributed by atoms with van der Waals surface area (Å²) in [5.41, 5.74) is 0.511. The van der Waals surface area contributed by atoms with Crippen molar-refractivity contribution < 1.29 is 9.59 Å². The van der Waals surface area contributed by atoms with Crippen LogP contribution in [0.25, 0.3) is 0 Å². The maximum Gasteiger partial charge on any atom is 0.348 e. The second-order valence-corrected chi connectivity index (χ2v) is 3.71. The fourth-order valence-electron chi connectivity index (χ4n) is 1.58. The van der Waals surface area contributed by atoms with Crippen LogP contribution in [0.1, 0.15) is 10.4 Å². The standard InChI is InChI=1S/C12H11N3O2/c1-15-11(13)9(7-14-12(15)17)10(16)8-5-3-2-4-6-8/h2-7,9,13H,1H3. The Hall–Kier alpha value is -2.30. The zero-order valence-corrected chi connectivity index (χ0v) is 9.25. The predicted molar refractivity (Wildman–Crippen MR) is 63.6 cm³/mol. The SMILES string of the molecule is CN1C(=N)C(C(=O)c2ccccc2)C=NC1=O.